The van der Waals surface area contributed by atoms with Crippen LogP contribution < -0.4 is 0 Å². The van der Waals surface area contributed by atoms with Gasteiger partial charge in [0.15, 0.2) is 0 Å². The highest BCUT2D eigenvalue weighted by Crippen LogP contribution is 2.05. The van der Waals surface area contributed by atoms with Crippen molar-refractivity contribution in [1.82, 2.24) is 4.90 Å². The highest BCUT2D eigenvalue weighted by molar-refractivity contribution is 9.09. The van der Waals surface area contributed by atoms with Gasteiger partial charge in [-0.25, -0.2) is 4.39 Å². The summed E-state index contributed by atoms with van der Waals surface area (Å²) in [6.45, 7) is 5.10. The lowest BCUT2D eigenvalue weighted by Gasteiger charge is -2.19. The Morgan fingerprint density at radius 1 is 1.50 bits per heavy atom. The second kappa shape index (κ2) is 6.40. The molecular weight excluding hydrogens is 225 g/mol. The van der Waals surface area contributed by atoms with Gasteiger partial charge in [0.1, 0.15) is 6.17 Å². The van der Waals surface area contributed by atoms with Crippen molar-refractivity contribution in [3.05, 3.63) is 0 Å². The summed E-state index contributed by atoms with van der Waals surface area (Å²) in [4.78, 5) is 12.9. The lowest BCUT2D eigenvalue weighted by atomic mass is 10.2. The van der Waals surface area contributed by atoms with E-state index in [1.54, 1.807) is 4.90 Å². The fraction of sp³-hybridized carbons (Fsp3) is 0.875. The minimum atomic E-state index is -1.06. The van der Waals surface area contributed by atoms with Crippen LogP contribution in [0.2, 0.25) is 0 Å². The van der Waals surface area contributed by atoms with E-state index >= 15 is 0 Å². The predicted octanol–water partition coefficient (Wildman–Crippen LogP) is 1.98. The summed E-state index contributed by atoms with van der Waals surface area (Å²) in [6.07, 6.45) is -1.06. The van der Waals surface area contributed by atoms with E-state index in [-0.39, 0.29) is 17.7 Å². The zero-order chi connectivity index (χ0) is 9.56. The fourth-order valence-corrected chi connectivity index (χ4v) is 1.18. The van der Waals surface area contributed by atoms with Gasteiger partial charge in [0, 0.05) is 18.4 Å². The van der Waals surface area contributed by atoms with Crippen LogP contribution in [0.25, 0.3) is 0 Å². The van der Waals surface area contributed by atoms with Crippen molar-refractivity contribution >= 4 is 21.8 Å². The molecule has 0 aliphatic heterocycles. The largest absolute Gasteiger partial charge is 0.343 e. The van der Waals surface area contributed by atoms with Crippen LogP contribution in [0.5, 0.6) is 0 Å². The Morgan fingerprint density at radius 2 is 2.00 bits per heavy atom. The van der Waals surface area contributed by atoms with E-state index in [1.165, 1.54) is 0 Å². The van der Waals surface area contributed by atoms with Crippen LogP contribution in [0.4, 0.5) is 4.39 Å². The molecule has 0 N–H and O–H groups in total. The first-order valence-corrected chi connectivity index (χ1v) is 5.25. The lowest BCUT2D eigenvalue weighted by molar-refractivity contribution is -0.131. The first-order chi connectivity index (χ1) is 5.65. The molecule has 0 bridgehead atoms. The Bertz CT molecular complexity index is 139. The number of carbonyl (C=O) groups is 1. The second-order valence-electron chi connectivity index (χ2n) is 2.52. The van der Waals surface area contributed by atoms with Gasteiger partial charge in [0.2, 0.25) is 5.91 Å². The Labute approximate surface area is 81.2 Å². The first-order valence-electron chi connectivity index (χ1n) is 4.13. The molecule has 0 fully saturated rings. The number of amides is 1. The van der Waals surface area contributed by atoms with Gasteiger partial charge < -0.3 is 4.90 Å². The molecule has 0 aromatic rings. The average Bonchev–Trinajstić information content (AvgIpc) is 2.06. The van der Waals surface area contributed by atoms with Crippen LogP contribution >= 0.6 is 15.9 Å². The molecule has 12 heavy (non-hydrogen) atoms. The van der Waals surface area contributed by atoms with Crippen LogP contribution in [0, 0.1) is 0 Å². The van der Waals surface area contributed by atoms with Crippen LogP contribution in [0.15, 0.2) is 0 Å². The summed E-state index contributed by atoms with van der Waals surface area (Å²) >= 11 is 2.99. The van der Waals surface area contributed by atoms with Gasteiger partial charge in [-0.1, -0.05) is 15.9 Å². The summed E-state index contributed by atoms with van der Waals surface area (Å²) in [5, 5.41) is 0.236. The number of alkyl halides is 2. The minimum Gasteiger partial charge on any atom is -0.343 e. The summed E-state index contributed by atoms with van der Waals surface area (Å²) in [6, 6.07) is 0. The van der Waals surface area contributed by atoms with E-state index < -0.39 is 6.17 Å². The van der Waals surface area contributed by atoms with Crippen LogP contribution in [0.1, 0.15) is 20.3 Å². The molecule has 4 heteroatoms. The van der Waals surface area contributed by atoms with Gasteiger partial charge in [-0.3, -0.25) is 4.79 Å². The fourth-order valence-electron chi connectivity index (χ4n) is 0.949. The SMILES string of the molecule is CCN(CC)C(=O)C[C@@H](F)CBr. The van der Waals surface area contributed by atoms with Gasteiger partial charge in [-0.15, -0.1) is 0 Å². The van der Waals surface area contributed by atoms with E-state index in [0.29, 0.717) is 13.1 Å². The molecule has 0 radical (unpaired) electrons. The number of carbonyl (C=O) groups excluding carboxylic acids is 1. The van der Waals surface area contributed by atoms with Crippen molar-refractivity contribution < 1.29 is 9.18 Å². The third-order valence-corrected chi connectivity index (χ3v) is 2.38. The number of rotatable bonds is 5. The summed E-state index contributed by atoms with van der Waals surface area (Å²) in [5.74, 6) is -0.105. The molecule has 0 spiro atoms. The first kappa shape index (κ1) is 11.9. The van der Waals surface area contributed by atoms with E-state index in [2.05, 4.69) is 15.9 Å². The van der Waals surface area contributed by atoms with Crippen LogP contribution in [-0.4, -0.2) is 35.4 Å². The molecule has 0 aliphatic carbocycles. The molecule has 0 aromatic carbocycles. The second-order valence-corrected chi connectivity index (χ2v) is 3.17. The summed E-state index contributed by atoms with van der Waals surface area (Å²) in [7, 11) is 0. The van der Waals surface area contributed by atoms with Gasteiger partial charge in [0.25, 0.3) is 0 Å². The molecule has 1 atom stereocenters. The number of hydrogen-bond acceptors (Lipinski definition) is 1. The molecule has 0 saturated carbocycles. The maximum Gasteiger partial charge on any atom is 0.225 e. The topological polar surface area (TPSA) is 20.3 Å². The Balaban J connectivity index is 3.84. The maximum absolute atomic E-state index is 12.7. The van der Waals surface area contributed by atoms with Crippen LogP contribution in [-0.2, 0) is 4.79 Å². The van der Waals surface area contributed by atoms with E-state index in [1.807, 2.05) is 13.8 Å². The molecule has 0 aliphatic rings. The molecule has 0 saturated heterocycles. The third kappa shape index (κ3) is 4.04. The van der Waals surface area contributed by atoms with Crippen molar-refractivity contribution in [3.63, 3.8) is 0 Å². The number of nitrogens with zero attached hydrogens (tertiary/aromatic N) is 1. The average molecular weight is 240 g/mol. The molecule has 1 amide bonds. The molecule has 0 unspecified atom stereocenters. The van der Waals surface area contributed by atoms with E-state index in [0.717, 1.165) is 0 Å². The third-order valence-electron chi connectivity index (χ3n) is 1.68. The van der Waals surface area contributed by atoms with Gasteiger partial charge in [0.05, 0.1) is 6.42 Å². The minimum absolute atomic E-state index is 0.00701. The Kier molecular flexibility index (Phi) is 6.34. The van der Waals surface area contributed by atoms with Gasteiger partial charge in [-0.2, -0.15) is 0 Å². The molecule has 72 valence electrons. The Hall–Kier alpha value is -0.120. The number of halogens is 2. The van der Waals surface area contributed by atoms with Crippen molar-refractivity contribution in [2.75, 3.05) is 18.4 Å². The molecule has 0 rings (SSSR count). The summed E-state index contributed by atoms with van der Waals surface area (Å²) in [5.41, 5.74) is 0. The predicted molar refractivity (Wildman–Crippen MR) is 51.2 cm³/mol. The molecule has 0 heterocycles. The molecule has 0 aromatic heterocycles. The smallest absolute Gasteiger partial charge is 0.225 e. The van der Waals surface area contributed by atoms with Gasteiger partial charge in [-0.05, 0) is 13.8 Å². The Morgan fingerprint density at radius 3 is 2.33 bits per heavy atom. The highest BCUT2D eigenvalue weighted by Gasteiger charge is 2.15. The standard InChI is InChI=1S/C8H15BrFNO/c1-3-11(4-2)8(12)5-7(10)6-9/h7H,3-6H2,1-2H3/t7-/m1/s1. The van der Waals surface area contributed by atoms with Crippen molar-refractivity contribution in [2.24, 2.45) is 0 Å². The zero-order valence-electron chi connectivity index (χ0n) is 7.52. The van der Waals surface area contributed by atoms with Gasteiger partial charge >= 0.3 is 0 Å². The van der Waals surface area contributed by atoms with E-state index in [9.17, 15) is 9.18 Å². The summed E-state index contributed by atoms with van der Waals surface area (Å²) < 4.78 is 12.7. The molecule has 2 nitrogen and oxygen atoms in total. The van der Waals surface area contributed by atoms with Crippen molar-refractivity contribution in [1.29, 1.82) is 0 Å². The monoisotopic (exact) mass is 239 g/mol. The lowest BCUT2D eigenvalue weighted by Crippen LogP contribution is -2.32. The van der Waals surface area contributed by atoms with Crippen molar-refractivity contribution in [2.45, 2.75) is 26.4 Å². The highest BCUT2D eigenvalue weighted by atomic mass is 79.9. The van der Waals surface area contributed by atoms with Crippen molar-refractivity contribution in [3.8, 4) is 0 Å². The number of hydrogen-bond donors (Lipinski definition) is 0. The maximum atomic E-state index is 12.7. The molecular formula is C8H15BrFNO. The zero-order valence-corrected chi connectivity index (χ0v) is 9.10. The van der Waals surface area contributed by atoms with Crippen LogP contribution in [0.3, 0.4) is 0 Å². The normalized spacial score (nSPS) is 12.7. The van der Waals surface area contributed by atoms with E-state index in [4.69, 9.17) is 0 Å². The quantitative estimate of drug-likeness (QED) is 0.673.